The fraction of sp³-hybridized carbons (Fsp3) is 0.375. The van der Waals surface area contributed by atoms with Crippen LogP contribution in [0.5, 0.6) is 5.75 Å². The predicted molar refractivity (Wildman–Crippen MR) is 84.5 cm³/mol. The summed E-state index contributed by atoms with van der Waals surface area (Å²) in [5, 5.41) is 7.32. The van der Waals surface area contributed by atoms with E-state index in [1.54, 1.807) is 26.0 Å². The first-order valence-electron chi connectivity index (χ1n) is 7.17. The summed E-state index contributed by atoms with van der Waals surface area (Å²) in [7, 11) is 0. The number of aryl methyl sites for hydroxylation is 2. The highest BCUT2D eigenvalue weighted by atomic mass is 35.5. The molecule has 1 N–H and O–H groups in total. The van der Waals surface area contributed by atoms with E-state index in [1.165, 1.54) is 0 Å². The number of aromatic nitrogens is 1. The molecule has 0 aliphatic heterocycles. The second-order valence-electron chi connectivity index (χ2n) is 4.96. The number of nitrogens with zero attached hydrogens (tertiary/aromatic N) is 1. The highest BCUT2D eigenvalue weighted by molar-refractivity contribution is 6.30. The number of hydrogen-bond donors (Lipinski definition) is 1. The molecule has 6 heteroatoms. The van der Waals surface area contributed by atoms with Crippen LogP contribution in [-0.4, -0.2) is 24.2 Å². The number of carbonyl (C=O) groups is 1. The van der Waals surface area contributed by atoms with Gasteiger partial charge in [0.1, 0.15) is 17.1 Å². The lowest BCUT2D eigenvalue weighted by atomic mass is 10.2. The molecule has 0 spiro atoms. The number of amides is 1. The van der Waals surface area contributed by atoms with Crippen molar-refractivity contribution in [1.82, 2.24) is 10.5 Å². The Kier molecular flexibility index (Phi) is 5.83. The van der Waals surface area contributed by atoms with Gasteiger partial charge in [-0.15, -0.1) is 0 Å². The van der Waals surface area contributed by atoms with Gasteiger partial charge in [0.25, 0.3) is 5.91 Å². The molecule has 2 aromatic rings. The van der Waals surface area contributed by atoms with Crippen LogP contribution in [0.15, 0.2) is 28.8 Å². The first-order chi connectivity index (χ1) is 10.6. The van der Waals surface area contributed by atoms with Crippen LogP contribution in [0.1, 0.15) is 34.7 Å². The van der Waals surface area contributed by atoms with Gasteiger partial charge in [-0.25, -0.2) is 0 Å². The SMILES string of the molecule is Cc1noc(C)c1C(=O)NCCCCOc1ccc(Cl)cc1. The number of rotatable bonds is 7. The summed E-state index contributed by atoms with van der Waals surface area (Å²) in [5.41, 5.74) is 1.14. The van der Waals surface area contributed by atoms with Gasteiger partial charge in [-0.05, 0) is 51.0 Å². The zero-order valence-corrected chi connectivity index (χ0v) is 13.4. The van der Waals surface area contributed by atoms with Gasteiger partial charge in [-0.1, -0.05) is 16.8 Å². The summed E-state index contributed by atoms with van der Waals surface area (Å²) in [5.74, 6) is 1.19. The summed E-state index contributed by atoms with van der Waals surface area (Å²) < 4.78 is 10.6. The molecule has 1 amide bonds. The minimum atomic E-state index is -0.144. The fourth-order valence-corrected chi connectivity index (χ4v) is 2.17. The summed E-state index contributed by atoms with van der Waals surface area (Å²) in [4.78, 5) is 12.0. The third-order valence-electron chi connectivity index (χ3n) is 3.20. The number of benzene rings is 1. The van der Waals surface area contributed by atoms with Crippen LogP contribution < -0.4 is 10.1 Å². The predicted octanol–water partition coefficient (Wildman–Crippen LogP) is 3.53. The van der Waals surface area contributed by atoms with Crippen molar-refractivity contribution in [2.24, 2.45) is 0 Å². The molecule has 22 heavy (non-hydrogen) atoms. The first kappa shape index (κ1) is 16.4. The molecule has 0 saturated heterocycles. The fourth-order valence-electron chi connectivity index (χ4n) is 2.05. The summed E-state index contributed by atoms with van der Waals surface area (Å²) in [6.45, 7) is 4.68. The first-order valence-corrected chi connectivity index (χ1v) is 7.55. The second-order valence-corrected chi connectivity index (χ2v) is 5.40. The van der Waals surface area contributed by atoms with Gasteiger partial charge in [0, 0.05) is 11.6 Å². The molecule has 0 aliphatic carbocycles. The smallest absolute Gasteiger partial charge is 0.256 e. The van der Waals surface area contributed by atoms with Crippen LogP contribution in [0.3, 0.4) is 0 Å². The third kappa shape index (κ3) is 4.49. The van der Waals surface area contributed by atoms with Crippen molar-refractivity contribution in [1.29, 1.82) is 0 Å². The lowest BCUT2D eigenvalue weighted by molar-refractivity contribution is 0.0950. The van der Waals surface area contributed by atoms with Gasteiger partial charge in [0.05, 0.1) is 12.3 Å². The topological polar surface area (TPSA) is 64.4 Å². The summed E-state index contributed by atoms with van der Waals surface area (Å²) in [6.07, 6.45) is 1.69. The minimum Gasteiger partial charge on any atom is -0.494 e. The zero-order valence-electron chi connectivity index (χ0n) is 12.7. The van der Waals surface area contributed by atoms with E-state index < -0.39 is 0 Å². The maximum absolute atomic E-state index is 12.0. The molecule has 0 saturated carbocycles. The quantitative estimate of drug-likeness (QED) is 0.792. The van der Waals surface area contributed by atoms with Crippen molar-refractivity contribution in [3.05, 3.63) is 46.3 Å². The maximum atomic E-state index is 12.0. The van der Waals surface area contributed by atoms with E-state index in [-0.39, 0.29) is 5.91 Å². The Hall–Kier alpha value is -2.01. The second kappa shape index (κ2) is 7.84. The zero-order chi connectivity index (χ0) is 15.9. The van der Waals surface area contributed by atoms with Crippen LogP contribution in [0.25, 0.3) is 0 Å². The highest BCUT2D eigenvalue weighted by Gasteiger charge is 2.16. The van der Waals surface area contributed by atoms with E-state index in [1.807, 2.05) is 12.1 Å². The third-order valence-corrected chi connectivity index (χ3v) is 3.45. The average molecular weight is 323 g/mol. The Bertz CT molecular complexity index is 603. The number of halogens is 1. The monoisotopic (exact) mass is 322 g/mol. The van der Waals surface area contributed by atoms with E-state index in [0.717, 1.165) is 18.6 Å². The minimum absolute atomic E-state index is 0.144. The van der Waals surface area contributed by atoms with E-state index in [4.69, 9.17) is 20.9 Å². The van der Waals surface area contributed by atoms with Crippen molar-refractivity contribution < 1.29 is 14.1 Å². The standard InChI is InChI=1S/C16H19ClN2O3/c1-11-15(12(2)22-19-11)16(20)18-9-3-4-10-21-14-7-5-13(17)6-8-14/h5-8H,3-4,9-10H2,1-2H3,(H,18,20). The number of hydrogen-bond acceptors (Lipinski definition) is 4. The van der Waals surface area contributed by atoms with Crippen LogP contribution >= 0.6 is 11.6 Å². The van der Waals surface area contributed by atoms with Crippen LogP contribution in [0.4, 0.5) is 0 Å². The molecule has 0 unspecified atom stereocenters. The molecule has 2 rings (SSSR count). The number of carbonyl (C=O) groups excluding carboxylic acids is 1. The molecule has 0 atom stereocenters. The van der Waals surface area contributed by atoms with Gasteiger partial charge >= 0.3 is 0 Å². The van der Waals surface area contributed by atoms with E-state index in [2.05, 4.69) is 10.5 Å². The lowest BCUT2D eigenvalue weighted by Crippen LogP contribution is -2.25. The molecule has 5 nitrogen and oxygen atoms in total. The van der Waals surface area contributed by atoms with Gasteiger partial charge in [0.15, 0.2) is 0 Å². The number of unbranched alkanes of at least 4 members (excludes halogenated alkanes) is 1. The Morgan fingerprint density at radius 3 is 2.64 bits per heavy atom. The van der Waals surface area contributed by atoms with Crippen LogP contribution in [0, 0.1) is 13.8 Å². The van der Waals surface area contributed by atoms with E-state index in [9.17, 15) is 4.79 Å². The number of ether oxygens (including phenoxy) is 1. The molecule has 0 fully saturated rings. The van der Waals surface area contributed by atoms with Gasteiger partial charge in [-0.3, -0.25) is 4.79 Å². The highest BCUT2D eigenvalue weighted by Crippen LogP contribution is 2.15. The van der Waals surface area contributed by atoms with Crippen molar-refractivity contribution >= 4 is 17.5 Å². The summed E-state index contributed by atoms with van der Waals surface area (Å²) in [6, 6.07) is 7.25. The normalized spacial score (nSPS) is 10.5. The Morgan fingerprint density at radius 1 is 1.27 bits per heavy atom. The van der Waals surface area contributed by atoms with Gasteiger partial charge in [0.2, 0.25) is 0 Å². The van der Waals surface area contributed by atoms with Crippen LogP contribution in [-0.2, 0) is 0 Å². The summed E-state index contributed by atoms with van der Waals surface area (Å²) >= 11 is 5.80. The Labute approximate surface area is 134 Å². The van der Waals surface area contributed by atoms with Crippen molar-refractivity contribution in [2.75, 3.05) is 13.2 Å². The largest absolute Gasteiger partial charge is 0.494 e. The Balaban J connectivity index is 1.63. The molecule has 0 radical (unpaired) electrons. The molecule has 1 aromatic carbocycles. The lowest BCUT2D eigenvalue weighted by Gasteiger charge is -2.07. The van der Waals surface area contributed by atoms with Crippen molar-refractivity contribution in [3.63, 3.8) is 0 Å². The van der Waals surface area contributed by atoms with Crippen LogP contribution in [0.2, 0.25) is 5.02 Å². The van der Waals surface area contributed by atoms with E-state index in [0.29, 0.717) is 35.2 Å². The molecular formula is C16H19ClN2O3. The number of nitrogens with one attached hydrogen (secondary N) is 1. The molecule has 1 aromatic heterocycles. The van der Waals surface area contributed by atoms with Gasteiger partial charge in [-0.2, -0.15) is 0 Å². The average Bonchev–Trinajstić information content (AvgIpc) is 2.83. The molecule has 118 valence electrons. The maximum Gasteiger partial charge on any atom is 0.256 e. The van der Waals surface area contributed by atoms with E-state index >= 15 is 0 Å². The molecule has 0 bridgehead atoms. The molecule has 0 aliphatic rings. The van der Waals surface area contributed by atoms with Crippen molar-refractivity contribution in [2.45, 2.75) is 26.7 Å². The molecule has 1 heterocycles. The molecular weight excluding hydrogens is 304 g/mol. The van der Waals surface area contributed by atoms with Gasteiger partial charge < -0.3 is 14.6 Å². The Morgan fingerprint density at radius 2 is 2.00 bits per heavy atom. The van der Waals surface area contributed by atoms with Crippen molar-refractivity contribution in [3.8, 4) is 5.75 Å².